The number of hydrogen-bond donors (Lipinski definition) is 2. The molecule has 1 aliphatic rings. The summed E-state index contributed by atoms with van der Waals surface area (Å²) in [5.74, 6) is 2.29. The van der Waals surface area contributed by atoms with Crippen molar-refractivity contribution in [1.82, 2.24) is 9.55 Å². The summed E-state index contributed by atoms with van der Waals surface area (Å²) in [6, 6.07) is 1.47. The van der Waals surface area contributed by atoms with Crippen molar-refractivity contribution in [3.63, 3.8) is 0 Å². The van der Waals surface area contributed by atoms with Gasteiger partial charge >= 0.3 is 11.7 Å². The van der Waals surface area contributed by atoms with Gasteiger partial charge in [-0.05, 0) is 48.5 Å². The number of ether oxygens (including phenoxy) is 2. The zero-order chi connectivity index (χ0) is 29.8. The average Bonchev–Trinajstić information content (AvgIpc) is 3.17. The van der Waals surface area contributed by atoms with Gasteiger partial charge in [-0.2, -0.15) is 16.7 Å². The molecule has 0 unspecified atom stereocenters. The first-order chi connectivity index (χ1) is 18.9. The van der Waals surface area contributed by atoms with Gasteiger partial charge in [0.2, 0.25) is 0 Å². The van der Waals surface area contributed by atoms with Crippen LogP contribution in [0, 0.1) is 0 Å². The lowest BCUT2D eigenvalue weighted by molar-refractivity contribution is -0.150. The van der Waals surface area contributed by atoms with E-state index in [0.717, 1.165) is 19.3 Å². The van der Waals surface area contributed by atoms with Gasteiger partial charge in [0.25, 0.3) is 0 Å². The number of aliphatic hydroxyl groups is 1. The molecule has 0 saturated carbocycles. The van der Waals surface area contributed by atoms with Gasteiger partial charge in [0.15, 0.2) is 14.5 Å². The summed E-state index contributed by atoms with van der Waals surface area (Å²) < 4.78 is 19.4. The first-order valence-corrected chi connectivity index (χ1v) is 19.0. The lowest BCUT2D eigenvalue weighted by atomic mass is 10.1. The maximum atomic E-state index is 12.5. The van der Waals surface area contributed by atoms with Gasteiger partial charge in [0.05, 0.1) is 0 Å². The second-order valence-corrected chi connectivity index (χ2v) is 18.4. The minimum absolute atomic E-state index is 0.0560. The molecule has 1 fully saturated rings. The highest BCUT2D eigenvalue weighted by atomic mass is 32.2. The Morgan fingerprint density at radius 1 is 1.12 bits per heavy atom. The zero-order valence-electron chi connectivity index (χ0n) is 25.5. The molecule has 0 aromatic carbocycles. The number of aromatic nitrogens is 2. The predicted molar refractivity (Wildman–Crippen MR) is 165 cm³/mol. The molecule has 230 valence electrons. The Hall–Kier alpha value is -1.40. The van der Waals surface area contributed by atoms with E-state index >= 15 is 0 Å². The van der Waals surface area contributed by atoms with Crippen LogP contribution in [0.2, 0.25) is 18.1 Å². The second kappa shape index (κ2) is 16.9. The van der Waals surface area contributed by atoms with Gasteiger partial charge in [-0.1, -0.05) is 72.6 Å². The quantitative estimate of drug-likeness (QED) is 0.125. The summed E-state index contributed by atoms with van der Waals surface area (Å²) in [7, 11) is -2.32. The number of unbranched alkanes of at least 4 members (excludes halogenated alkanes) is 8. The first kappa shape index (κ1) is 34.8. The van der Waals surface area contributed by atoms with Crippen LogP contribution in [0.1, 0.15) is 98.1 Å². The summed E-state index contributed by atoms with van der Waals surface area (Å²) in [4.78, 5) is 28.7. The summed E-state index contributed by atoms with van der Waals surface area (Å²) in [6.45, 7) is 12.6. The topological polar surface area (TPSA) is 126 Å². The van der Waals surface area contributed by atoms with Gasteiger partial charge in [-0.3, -0.25) is 9.36 Å². The van der Waals surface area contributed by atoms with Crippen molar-refractivity contribution >= 4 is 31.9 Å². The minimum Gasteiger partial charge on any atom is -0.463 e. The van der Waals surface area contributed by atoms with E-state index < -0.39 is 38.5 Å². The molecule has 11 heteroatoms. The minimum atomic E-state index is -2.32. The van der Waals surface area contributed by atoms with Crippen molar-refractivity contribution in [1.29, 1.82) is 0 Å². The van der Waals surface area contributed by atoms with Crippen LogP contribution in [-0.2, 0) is 18.7 Å². The number of hydrogen-bond acceptors (Lipinski definition) is 9. The van der Waals surface area contributed by atoms with Crippen molar-refractivity contribution < 1.29 is 23.8 Å². The highest BCUT2D eigenvalue weighted by Crippen LogP contribution is 2.41. The van der Waals surface area contributed by atoms with Crippen molar-refractivity contribution in [3.8, 4) is 0 Å². The maximum absolute atomic E-state index is 12.5. The molecule has 0 spiro atoms. The fourth-order valence-corrected chi connectivity index (χ4v) is 6.49. The molecule has 1 aliphatic heterocycles. The Kier molecular flexibility index (Phi) is 14.7. The smallest absolute Gasteiger partial charge is 0.351 e. The van der Waals surface area contributed by atoms with Crippen LogP contribution >= 0.6 is 11.8 Å². The van der Waals surface area contributed by atoms with Crippen molar-refractivity contribution in [2.45, 2.75) is 135 Å². The fourth-order valence-electron chi connectivity index (χ4n) is 4.47. The van der Waals surface area contributed by atoms with E-state index in [-0.39, 0.29) is 23.4 Å². The number of nitrogens with zero attached hydrogens (tertiary/aromatic N) is 2. The normalized spacial score (nSPS) is 21.6. The van der Waals surface area contributed by atoms with Crippen LogP contribution in [0.15, 0.2) is 17.1 Å². The summed E-state index contributed by atoms with van der Waals surface area (Å²) >= 11 is 2.02. The number of nitrogen functional groups attached to an aromatic ring is 1. The lowest BCUT2D eigenvalue weighted by Gasteiger charge is -2.39. The van der Waals surface area contributed by atoms with Crippen molar-refractivity contribution in [3.05, 3.63) is 22.7 Å². The van der Waals surface area contributed by atoms with Crippen molar-refractivity contribution in [2.75, 3.05) is 23.8 Å². The first-order valence-electron chi connectivity index (χ1n) is 15.0. The predicted octanol–water partition coefficient (Wildman–Crippen LogP) is 5.67. The third kappa shape index (κ3) is 11.1. The van der Waals surface area contributed by atoms with Gasteiger partial charge in [0, 0.05) is 12.6 Å². The highest BCUT2D eigenvalue weighted by molar-refractivity contribution is 7.99. The maximum Gasteiger partial charge on any atom is 0.351 e. The van der Waals surface area contributed by atoms with Gasteiger partial charge < -0.3 is 24.7 Å². The van der Waals surface area contributed by atoms with E-state index in [9.17, 15) is 14.7 Å². The molecule has 2 rings (SSSR count). The largest absolute Gasteiger partial charge is 0.463 e. The molecule has 1 aromatic heterocycles. The molecule has 4 atom stereocenters. The molecule has 0 amide bonds. The van der Waals surface area contributed by atoms with E-state index in [1.54, 1.807) is 0 Å². The summed E-state index contributed by atoms with van der Waals surface area (Å²) in [5.41, 5.74) is 5.00. The SMILES string of the molecule is CCSCCCCCCCCCCCC(=O)OC[C@H]1O[C@@H](n2ccc(N)nc2=O)[C@@H](O)[C@@H]1O[Si](C)(C)C(C)(C)C. The Morgan fingerprint density at radius 3 is 2.30 bits per heavy atom. The Balaban J connectivity index is 1.82. The Bertz CT molecular complexity index is 954. The molecule has 40 heavy (non-hydrogen) atoms. The van der Waals surface area contributed by atoms with Gasteiger partial charge in [-0.15, -0.1) is 0 Å². The van der Waals surface area contributed by atoms with E-state index in [2.05, 4.69) is 45.8 Å². The van der Waals surface area contributed by atoms with Crippen LogP contribution < -0.4 is 11.4 Å². The Labute approximate surface area is 246 Å². The highest BCUT2D eigenvalue weighted by Gasteiger charge is 2.50. The summed E-state index contributed by atoms with van der Waals surface area (Å²) in [5, 5.41) is 11.1. The van der Waals surface area contributed by atoms with Crippen LogP contribution in [0.3, 0.4) is 0 Å². The third-order valence-corrected chi connectivity index (χ3v) is 13.4. The second-order valence-electron chi connectivity index (χ2n) is 12.3. The molecule has 9 nitrogen and oxygen atoms in total. The summed E-state index contributed by atoms with van der Waals surface area (Å²) in [6.07, 6.45) is 8.83. The average molecular weight is 600 g/mol. The number of carbonyl (C=O) groups excluding carboxylic acids is 1. The third-order valence-electron chi connectivity index (χ3n) is 7.95. The van der Waals surface area contributed by atoms with E-state index in [0.29, 0.717) is 6.42 Å². The Morgan fingerprint density at radius 2 is 1.73 bits per heavy atom. The zero-order valence-corrected chi connectivity index (χ0v) is 27.3. The number of esters is 1. The van der Waals surface area contributed by atoms with Crippen molar-refractivity contribution in [2.24, 2.45) is 0 Å². The van der Waals surface area contributed by atoms with E-state index in [4.69, 9.17) is 19.6 Å². The lowest BCUT2D eigenvalue weighted by Crippen LogP contribution is -2.50. The molecular weight excluding hydrogens is 546 g/mol. The van der Waals surface area contributed by atoms with Crippen LogP contribution in [-0.4, -0.2) is 65.4 Å². The monoisotopic (exact) mass is 599 g/mol. The molecule has 3 N–H and O–H groups in total. The van der Waals surface area contributed by atoms with Gasteiger partial charge in [-0.25, -0.2) is 4.79 Å². The molecule has 0 bridgehead atoms. The van der Waals surface area contributed by atoms with E-state index in [1.165, 1.54) is 66.9 Å². The number of aliphatic hydroxyl groups excluding tert-OH is 1. The van der Waals surface area contributed by atoms with Crippen LogP contribution in [0.5, 0.6) is 0 Å². The molecule has 2 heterocycles. The number of carbonyl (C=O) groups is 1. The number of anilines is 1. The van der Waals surface area contributed by atoms with Gasteiger partial charge in [0.1, 0.15) is 30.7 Å². The molecule has 1 aromatic rings. The fraction of sp³-hybridized carbons (Fsp3) is 0.828. The van der Waals surface area contributed by atoms with Crippen LogP contribution in [0.25, 0.3) is 0 Å². The van der Waals surface area contributed by atoms with Crippen LogP contribution in [0.4, 0.5) is 5.82 Å². The number of rotatable bonds is 18. The molecule has 0 radical (unpaired) electrons. The number of nitrogens with two attached hydrogens (primary N) is 1. The van der Waals surface area contributed by atoms with E-state index in [1.807, 2.05) is 11.8 Å². The standard InChI is InChI=1S/C29H53N3O6SSi/c1-7-39-20-16-14-12-10-8-9-11-13-15-17-24(33)36-21-22-26(38-40(5,6)29(2,3)4)25(34)27(37-22)32-19-18-23(30)31-28(32)35/h18-19,22,25-27,34H,7-17,20-21H2,1-6H3,(H2,30,31,35)/t22-,25+,26-,27-/m1/s1. The molecule has 1 saturated heterocycles. The molecular formula is C29H53N3O6SSi. The number of thioether (sulfide) groups is 1. The molecule has 0 aliphatic carbocycles.